The second kappa shape index (κ2) is 3.50. The summed E-state index contributed by atoms with van der Waals surface area (Å²) in [4.78, 5) is 0. The molecule has 0 saturated carbocycles. The van der Waals surface area contributed by atoms with Crippen LogP contribution >= 0.6 is 11.6 Å². The summed E-state index contributed by atoms with van der Waals surface area (Å²) < 4.78 is 18.0. The lowest BCUT2D eigenvalue weighted by Crippen LogP contribution is -2.25. The summed E-state index contributed by atoms with van der Waals surface area (Å²) >= 11 is 5.63. The van der Waals surface area contributed by atoms with Gasteiger partial charge >= 0.3 is 0 Å². The number of rotatable bonds is 1. The minimum Gasteiger partial charge on any atom is -0.383 e. The Kier molecular flexibility index (Phi) is 2.47. The lowest BCUT2D eigenvalue weighted by Gasteiger charge is -2.20. The van der Waals surface area contributed by atoms with Crippen LogP contribution in [0.25, 0.3) is 0 Å². The van der Waals surface area contributed by atoms with Gasteiger partial charge in [-0.25, -0.2) is 4.39 Å². The van der Waals surface area contributed by atoms with Gasteiger partial charge in [-0.05, 0) is 17.7 Å². The van der Waals surface area contributed by atoms with Crippen molar-refractivity contribution in [2.75, 3.05) is 13.2 Å². The summed E-state index contributed by atoms with van der Waals surface area (Å²) in [7, 11) is 0. The topological polar surface area (TPSA) is 29.5 Å². The van der Waals surface area contributed by atoms with Crippen LogP contribution in [0.2, 0.25) is 5.02 Å². The summed E-state index contributed by atoms with van der Waals surface area (Å²) in [5.74, 6) is -0.474. The maximum absolute atomic E-state index is 12.9. The van der Waals surface area contributed by atoms with E-state index in [0.717, 1.165) is 0 Å². The van der Waals surface area contributed by atoms with Crippen molar-refractivity contribution in [1.29, 1.82) is 0 Å². The van der Waals surface area contributed by atoms with E-state index in [1.807, 2.05) is 0 Å². The molecule has 2 rings (SSSR count). The van der Waals surface area contributed by atoms with Gasteiger partial charge < -0.3 is 9.84 Å². The van der Waals surface area contributed by atoms with Crippen molar-refractivity contribution in [2.45, 2.75) is 12.0 Å². The molecule has 76 valence electrons. The molecule has 0 amide bonds. The van der Waals surface area contributed by atoms with Crippen LogP contribution in [0.15, 0.2) is 18.2 Å². The Labute approximate surface area is 86.3 Å². The fourth-order valence-electron chi connectivity index (χ4n) is 1.57. The first kappa shape index (κ1) is 9.90. The van der Waals surface area contributed by atoms with Gasteiger partial charge in [-0.3, -0.25) is 0 Å². The molecule has 1 atom stereocenters. The SMILES string of the molecule is OC1(c2ccc(F)c(Cl)c2)CCOC1. The molecule has 1 heterocycles. The van der Waals surface area contributed by atoms with Gasteiger partial charge in [-0.15, -0.1) is 0 Å². The average molecular weight is 217 g/mol. The number of ether oxygens (including phenoxy) is 1. The predicted octanol–water partition coefficient (Wildman–Crippen LogP) is 2.09. The number of aliphatic hydroxyl groups is 1. The van der Waals surface area contributed by atoms with Crippen molar-refractivity contribution in [3.8, 4) is 0 Å². The first-order valence-electron chi connectivity index (χ1n) is 4.37. The van der Waals surface area contributed by atoms with Crippen molar-refractivity contribution in [2.24, 2.45) is 0 Å². The molecule has 1 aliphatic heterocycles. The fraction of sp³-hybridized carbons (Fsp3) is 0.400. The third-order valence-corrected chi connectivity index (χ3v) is 2.75. The number of hydrogen-bond donors (Lipinski definition) is 1. The first-order valence-corrected chi connectivity index (χ1v) is 4.75. The maximum atomic E-state index is 12.9. The highest BCUT2D eigenvalue weighted by molar-refractivity contribution is 6.30. The quantitative estimate of drug-likeness (QED) is 0.779. The zero-order chi connectivity index (χ0) is 10.2. The van der Waals surface area contributed by atoms with Crippen LogP contribution in [-0.2, 0) is 10.3 Å². The molecular formula is C10H10ClFO2. The second-order valence-corrected chi connectivity index (χ2v) is 3.87. The van der Waals surface area contributed by atoms with Crippen molar-refractivity contribution in [1.82, 2.24) is 0 Å². The molecule has 0 aliphatic carbocycles. The minimum absolute atomic E-state index is 0.0304. The van der Waals surface area contributed by atoms with E-state index in [0.29, 0.717) is 18.6 Å². The molecule has 1 aliphatic rings. The van der Waals surface area contributed by atoms with E-state index < -0.39 is 11.4 Å². The van der Waals surface area contributed by atoms with Gasteiger partial charge in [0.1, 0.15) is 11.4 Å². The monoisotopic (exact) mass is 216 g/mol. The molecule has 1 fully saturated rings. The van der Waals surface area contributed by atoms with Crippen LogP contribution in [0.3, 0.4) is 0 Å². The molecule has 0 radical (unpaired) electrons. The standard InChI is InChI=1S/C10H10ClFO2/c11-8-5-7(1-2-9(8)12)10(13)3-4-14-6-10/h1-2,5,13H,3-4,6H2. The Morgan fingerprint density at radius 3 is 2.86 bits per heavy atom. The smallest absolute Gasteiger partial charge is 0.141 e. The van der Waals surface area contributed by atoms with Gasteiger partial charge in [0.2, 0.25) is 0 Å². The minimum atomic E-state index is -1.00. The normalized spacial score (nSPS) is 26.8. The van der Waals surface area contributed by atoms with Gasteiger partial charge in [0.25, 0.3) is 0 Å². The lowest BCUT2D eigenvalue weighted by molar-refractivity contribution is 0.0231. The van der Waals surface area contributed by atoms with E-state index in [-0.39, 0.29) is 11.6 Å². The highest BCUT2D eigenvalue weighted by atomic mass is 35.5. The second-order valence-electron chi connectivity index (χ2n) is 3.46. The zero-order valence-electron chi connectivity index (χ0n) is 7.46. The van der Waals surface area contributed by atoms with E-state index >= 15 is 0 Å². The van der Waals surface area contributed by atoms with E-state index in [2.05, 4.69) is 0 Å². The summed E-state index contributed by atoms with van der Waals surface area (Å²) in [6.45, 7) is 0.764. The molecule has 1 aromatic carbocycles. The highest BCUT2D eigenvalue weighted by Gasteiger charge is 2.34. The van der Waals surface area contributed by atoms with E-state index in [9.17, 15) is 9.50 Å². The van der Waals surface area contributed by atoms with Crippen molar-refractivity contribution >= 4 is 11.6 Å². The molecule has 1 unspecified atom stereocenters. The lowest BCUT2D eigenvalue weighted by atomic mass is 9.93. The molecule has 1 aromatic rings. The number of halogens is 2. The number of hydrogen-bond acceptors (Lipinski definition) is 2. The molecule has 4 heteroatoms. The van der Waals surface area contributed by atoms with Gasteiger partial charge in [0.05, 0.1) is 11.6 Å². The van der Waals surface area contributed by atoms with Crippen LogP contribution in [0, 0.1) is 5.82 Å². The van der Waals surface area contributed by atoms with E-state index in [1.165, 1.54) is 18.2 Å². The molecule has 0 bridgehead atoms. The Bertz CT molecular complexity index is 348. The van der Waals surface area contributed by atoms with Gasteiger partial charge in [-0.2, -0.15) is 0 Å². The number of benzene rings is 1. The van der Waals surface area contributed by atoms with Crippen LogP contribution in [0.4, 0.5) is 4.39 Å². The van der Waals surface area contributed by atoms with Gasteiger partial charge in [0.15, 0.2) is 0 Å². The third kappa shape index (κ3) is 1.63. The highest BCUT2D eigenvalue weighted by Crippen LogP contribution is 2.32. The average Bonchev–Trinajstić information content (AvgIpc) is 2.58. The molecule has 2 nitrogen and oxygen atoms in total. The Morgan fingerprint density at radius 2 is 2.29 bits per heavy atom. The maximum Gasteiger partial charge on any atom is 0.141 e. The van der Waals surface area contributed by atoms with Crippen LogP contribution < -0.4 is 0 Å². The summed E-state index contributed by atoms with van der Waals surface area (Å²) in [6, 6.07) is 4.25. The first-order chi connectivity index (χ1) is 6.62. The Balaban J connectivity index is 2.36. The third-order valence-electron chi connectivity index (χ3n) is 2.46. The van der Waals surface area contributed by atoms with Gasteiger partial charge in [-0.1, -0.05) is 17.7 Å². The summed E-state index contributed by atoms with van der Waals surface area (Å²) in [5.41, 5.74) is -0.390. The van der Waals surface area contributed by atoms with Crippen LogP contribution in [0.1, 0.15) is 12.0 Å². The molecule has 0 spiro atoms. The summed E-state index contributed by atoms with van der Waals surface area (Å²) in [6.07, 6.45) is 0.523. The van der Waals surface area contributed by atoms with Crippen molar-refractivity contribution < 1.29 is 14.2 Å². The molecule has 0 aromatic heterocycles. The Morgan fingerprint density at radius 1 is 1.50 bits per heavy atom. The molecule has 1 N–H and O–H groups in total. The predicted molar refractivity (Wildman–Crippen MR) is 50.7 cm³/mol. The van der Waals surface area contributed by atoms with Gasteiger partial charge in [0, 0.05) is 13.0 Å². The van der Waals surface area contributed by atoms with Crippen molar-refractivity contribution in [3.63, 3.8) is 0 Å². The largest absolute Gasteiger partial charge is 0.383 e. The zero-order valence-corrected chi connectivity index (χ0v) is 8.22. The molecular weight excluding hydrogens is 207 g/mol. The molecule has 1 saturated heterocycles. The van der Waals surface area contributed by atoms with Crippen LogP contribution in [0.5, 0.6) is 0 Å². The van der Waals surface area contributed by atoms with E-state index in [1.54, 1.807) is 0 Å². The molecule has 14 heavy (non-hydrogen) atoms. The van der Waals surface area contributed by atoms with Crippen molar-refractivity contribution in [3.05, 3.63) is 34.6 Å². The Hall–Kier alpha value is -0.640. The fourth-order valence-corrected chi connectivity index (χ4v) is 1.75. The van der Waals surface area contributed by atoms with Crippen LogP contribution in [-0.4, -0.2) is 18.3 Å². The summed E-state index contributed by atoms with van der Waals surface area (Å²) in [5, 5.41) is 10.1. The van der Waals surface area contributed by atoms with E-state index in [4.69, 9.17) is 16.3 Å².